The number of benzene rings is 2. The van der Waals surface area contributed by atoms with Crippen LogP contribution in [-0.4, -0.2) is 22.2 Å². The van der Waals surface area contributed by atoms with Crippen molar-refractivity contribution < 1.29 is 14.6 Å². The quantitative estimate of drug-likeness (QED) is 0.700. The molecule has 0 aliphatic heterocycles. The van der Waals surface area contributed by atoms with Gasteiger partial charge in [0.25, 0.3) is 0 Å². The number of aryl methyl sites for hydroxylation is 2. The summed E-state index contributed by atoms with van der Waals surface area (Å²) in [5.41, 5.74) is 3.37. The molecule has 0 atom stereocenters. The van der Waals surface area contributed by atoms with Gasteiger partial charge in [0.15, 0.2) is 0 Å². The second-order valence-corrected chi connectivity index (χ2v) is 6.06. The lowest BCUT2D eigenvalue weighted by atomic mass is 9.99. The van der Waals surface area contributed by atoms with Crippen LogP contribution in [0.1, 0.15) is 42.6 Å². The van der Waals surface area contributed by atoms with Gasteiger partial charge in [-0.15, -0.1) is 0 Å². The first-order chi connectivity index (χ1) is 11.6. The Hall–Kier alpha value is -2.49. The lowest BCUT2D eigenvalue weighted by Crippen LogP contribution is -2.06. The number of para-hydroxylation sites is 1. The van der Waals surface area contributed by atoms with Crippen molar-refractivity contribution in [3.63, 3.8) is 0 Å². The fraction of sp³-hybridized carbons (Fsp3) is 0.350. The fourth-order valence-corrected chi connectivity index (χ4v) is 3.38. The molecule has 24 heavy (non-hydrogen) atoms. The van der Waals surface area contributed by atoms with E-state index >= 15 is 0 Å². The number of aromatic nitrogens is 1. The molecule has 1 heterocycles. The van der Waals surface area contributed by atoms with Gasteiger partial charge in [0, 0.05) is 18.0 Å². The van der Waals surface area contributed by atoms with E-state index in [2.05, 4.69) is 11.5 Å². The summed E-state index contributed by atoms with van der Waals surface area (Å²) in [5.74, 6) is -0.455. The minimum Gasteiger partial charge on any atom is -0.506 e. The topological polar surface area (TPSA) is 51.5 Å². The van der Waals surface area contributed by atoms with Crippen molar-refractivity contribution in [1.82, 2.24) is 4.57 Å². The van der Waals surface area contributed by atoms with Crippen molar-refractivity contribution in [2.45, 2.75) is 33.1 Å². The molecule has 0 aliphatic rings. The molecule has 0 saturated heterocycles. The molecule has 0 aliphatic carbocycles. The Morgan fingerprint density at radius 1 is 1.25 bits per heavy atom. The smallest absolute Gasteiger partial charge is 0.341 e. The van der Waals surface area contributed by atoms with Gasteiger partial charge >= 0.3 is 5.97 Å². The molecule has 0 unspecified atom stereocenters. The number of hydrogen-bond acceptors (Lipinski definition) is 3. The number of ether oxygens (including phenoxy) is 1. The van der Waals surface area contributed by atoms with Crippen LogP contribution in [-0.2, 0) is 18.2 Å². The van der Waals surface area contributed by atoms with Gasteiger partial charge in [0.1, 0.15) is 11.3 Å². The van der Waals surface area contributed by atoms with Crippen LogP contribution in [0, 0.1) is 0 Å². The van der Waals surface area contributed by atoms with Gasteiger partial charge in [-0.25, -0.2) is 4.79 Å². The van der Waals surface area contributed by atoms with Crippen molar-refractivity contribution in [3.05, 3.63) is 41.5 Å². The van der Waals surface area contributed by atoms with Crippen LogP contribution in [0.4, 0.5) is 0 Å². The molecule has 0 saturated carbocycles. The van der Waals surface area contributed by atoms with Crippen molar-refractivity contribution in [2.75, 3.05) is 6.61 Å². The zero-order valence-corrected chi connectivity index (χ0v) is 14.4. The van der Waals surface area contributed by atoms with E-state index in [1.165, 1.54) is 0 Å². The Morgan fingerprint density at radius 2 is 2.00 bits per heavy atom. The number of nitrogens with zero attached hydrogens (tertiary/aromatic N) is 1. The Morgan fingerprint density at radius 3 is 2.71 bits per heavy atom. The Labute approximate surface area is 141 Å². The number of phenols is 1. The van der Waals surface area contributed by atoms with Crippen LogP contribution in [0.25, 0.3) is 21.8 Å². The van der Waals surface area contributed by atoms with Crippen molar-refractivity contribution >= 4 is 27.8 Å². The molecule has 126 valence electrons. The lowest BCUT2D eigenvalue weighted by molar-refractivity contribution is 0.0523. The number of aromatic hydroxyl groups is 1. The van der Waals surface area contributed by atoms with Crippen molar-refractivity contribution in [2.24, 2.45) is 7.05 Å². The fourth-order valence-electron chi connectivity index (χ4n) is 3.38. The maximum Gasteiger partial charge on any atom is 0.341 e. The molecule has 0 radical (unpaired) electrons. The zero-order valence-electron chi connectivity index (χ0n) is 14.4. The highest BCUT2D eigenvalue weighted by atomic mass is 16.5. The summed E-state index contributed by atoms with van der Waals surface area (Å²) < 4.78 is 7.23. The number of esters is 1. The number of unbranched alkanes of at least 4 members (excludes halogenated alkanes) is 1. The minimum absolute atomic E-state index is 0.0144. The average molecular weight is 325 g/mol. The van der Waals surface area contributed by atoms with E-state index in [-0.39, 0.29) is 17.9 Å². The summed E-state index contributed by atoms with van der Waals surface area (Å²) in [7, 11) is 2.00. The van der Waals surface area contributed by atoms with E-state index in [0.29, 0.717) is 0 Å². The maximum absolute atomic E-state index is 12.3. The van der Waals surface area contributed by atoms with E-state index in [9.17, 15) is 9.90 Å². The summed E-state index contributed by atoms with van der Waals surface area (Å²) in [6.45, 7) is 4.20. The maximum atomic E-state index is 12.3. The molecule has 0 spiro atoms. The molecule has 1 N–H and O–H groups in total. The highest BCUT2D eigenvalue weighted by Crippen LogP contribution is 2.39. The van der Waals surface area contributed by atoms with Crippen LogP contribution in [0.5, 0.6) is 5.75 Å². The third-order valence-electron chi connectivity index (χ3n) is 4.52. The van der Waals surface area contributed by atoms with Gasteiger partial charge in [-0.1, -0.05) is 31.5 Å². The number of carbonyl (C=O) groups excluding carboxylic acids is 1. The molecule has 1 aromatic heterocycles. The van der Waals surface area contributed by atoms with Crippen LogP contribution < -0.4 is 0 Å². The molecule has 2 aromatic carbocycles. The Kier molecular flexibility index (Phi) is 4.47. The van der Waals surface area contributed by atoms with Crippen LogP contribution in [0.3, 0.4) is 0 Å². The van der Waals surface area contributed by atoms with Gasteiger partial charge in [0.2, 0.25) is 0 Å². The molecular weight excluding hydrogens is 302 g/mol. The third-order valence-corrected chi connectivity index (χ3v) is 4.52. The van der Waals surface area contributed by atoms with Crippen LogP contribution >= 0.6 is 0 Å². The second-order valence-electron chi connectivity index (χ2n) is 6.06. The second kappa shape index (κ2) is 6.56. The summed E-state index contributed by atoms with van der Waals surface area (Å²) in [4.78, 5) is 12.3. The average Bonchev–Trinajstić information content (AvgIpc) is 2.89. The van der Waals surface area contributed by atoms with E-state index in [1.54, 1.807) is 13.0 Å². The lowest BCUT2D eigenvalue weighted by Gasteiger charge is -2.11. The normalized spacial score (nSPS) is 11.3. The minimum atomic E-state index is -0.470. The number of phenolic OH excluding ortho intramolecular Hbond substituents is 1. The third kappa shape index (κ3) is 2.52. The molecule has 0 amide bonds. The number of fused-ring (bicyclic) bond motifs is 3. The van der Waals surface area contributed by atoms with Crippen molar-refractivity contribution in [1.29, 1.82) is 0 Å². The van der Waals surface area contributed by atoms with Crippen molar-refractivity contribution in [3.8, 4) is 5.75 Å². The summed E-state index contributed by atoms with van der Waals surface area (Å²) in [5, 5.41) is 12.5. The van der Waals surface area contributed by atoms with Gasteiger partial charge in [-0.2, -0.15) is 0 Å². The first-order valence-corrected chi connectivity index (χ1v) is 8.49. The van der Waals surface area contributed by atoms with Crippen LogP contribution in [0.15, 0.2) is 30.3 Å². The summed E-state index contributed by atoms with van der Waals surface area (Å²) in [6.07, 6.45) is 2.97. The van der Waals surface area contributed by atoms with E-state index in [4.69, 9.17) is 4.74 Å². The standard InChI is InChI=1S/C20H23NO3/c1-4-6-9-13-12-15(20(23)24-5-2)19(22)17-14-10-7-8-11-16(14)21(3)18(13)17/h7-8,10-12,22H,4-6,9H2,1-3H3. The first-order valence-electron chi connectivity index (χ1n) is 8.49. The van der Waals surface area contributed by atoms with E-state index < -0.39 is 5.97 Å². The summed E-state index contributed by atoms with van der Waals surface area (Å²) in [6, 6.07) is 9.74. The summed E-state index contributed by atoms with van der Waals surface area (Å²) >= 11 is 0. The van der Waals surface area contributed by atoms with Gasteiger partial charge < -0.3 is 14.4 Å². The largest absolute Gasteiger partial charge is 0.506 e. The Balaban J connectivity index is 2.38. The zero-order chi connectivity index (χ0) is 17.3. The van der Waals surface area contributed by atoms with E-state index in [1.807, 2.05) is 31.3 Å². The SMILES string of the molecule is CCCCc1cc(C(=O)OCC)c(O)c2c3ccccc3n(C)c12. The molecule has 4 nitrogen and oxygen atoms in total. The number of hydrogen-bond donors (Lipinski definition) is 1. The highest BCUT2D eigenvalue weighted by Gasteiger charge is 2.22. The predicted molar refractivity (Wildman–Crippen MR) is 96.7 cm³/mol. The highest BCUT2D eigenvalue weighted by molar-refractivity contribution is 6.15. The van der Waals surface area contributed by atoms with Gasteiger partial charge in [0.05, 0.1) is 17.5 Å². The molecule has 4 heteroatoms. The van der Waals surface area contributed by atoms with E-state index in [0.717, 1.165) is 46.6 Å². The van der Waals surface area contributed by atoms with Gasteiger partial charge in [-0.05, 0) is 37.5 Å². The number of carbonyl (C=O) groups is 1. The van der Waals surface area contributed by atoms with Gasteiger partial charge in [-0.3, -0.25) is 0 Å². The number of rotatable bonds is 5. The Bertz CT molecular complexity index is 908. The molecule has 3 rings (SSSR count). The monoisotopic (exact) mass is 325 g/mol. The first kappa shape index (κ1) is 16.4. The molecule has 3 aromatic rings. The molecule has 0 fully saturated rings. The van der Waals surface area contributed by atoms with Crippen LogP contribution in [0.2, 0.25) is 0 Å². The molecular formula is C20H23NO3. The molecule has 0 bridgehead atoms. The predicted octanol–water partition coefficient (Wildman–Crippen LogP) is 4.56.